The molecule has 5 nitrogen and oxygen atoms in total. The summed E-state index contributed by atoms with van der Waals surface area (Å²) in [5, 5.41) is 8.11. The molecule has 0 saturated heterocycles. The molecule has 0 saturated carbocycles. The summed E-state index contributed by atoms with van der Waals surface area (Å²) in [4.78, 5) is 0. The standard InChI is InChI=1S/C13H16ClN3O2S/c1-13(2,3)16-12(20)17-15-6-8-4-9(14)11-10(5-8)18-7-19-11/h4-6H,7H2,1-3H3,(H2,16,17,20)/b15-6-. The minimum atomic E-state index is -0.109. The Labute approximate surface area is 128 Å². The normalized spacial score (nSPS) is 13.6. The Bertz CT molecular complexity index is 555. The van der Waals surface area contributed by atoms with Crippen LogP contribution >= 0.6 is 23.8 Å². The van der Waals surface area contributed by atoms with E-state index in [0.717, 1.165) is 5.56 Å². The van der Waals surface area contributed by atoms with Gasteiger partial charge in [0.15, 0.2) is 16.6 Å². The maximum Gasteiger partial charge on any atom is 0.231 e. The Balaban J connectivity index is 1.99. The number of nitrogens with one attached hydrogen (secondary N) is 2. The number of benzene rings is 1. The number of hydrazone groups is 1. The van der Waals surface area contributed by atoms with Crippen LogP contribution in [0.4, 0.5) is 0 Å². The lowest BCUT2D eigenvalue weighted by atomic mass is 10.1. The van der Waals surface area contributed by atoms with Gasteiger partial charge in [-0.1, -0.05) is 11.6 Å². The van der Waals surface area contributed by atoms with Crippen molar-refractivity contribution in [3.8, 4) is 11.5 Å². The van der Waals surface area contributed by atoms with Crippen molar-refractivity contribution >= 4 is 35.1 Å². The predicted octanol–water partition coefficient (Wildman–Crippen LogP) is 2.67. The summed E-state index contributed by atoms with van der Waals surface area (Å²) >= 11 is 11.2. The summed E-state index contributed by atoms with van der Waals surface area (Å²) in [6, 6.07) is 3.56. The van der Waals surface area contributed by atoms with Gasteiger partial charge in [-0.25, -0.2) is 0 Å². The Morgan fingerprint density at radius 3 is 2.85 bits per heavy atom. The third-order valence-corrected chi connectivity index (χ3v) is 2.79. The fourth-order valence-electron chi connectivity index (χ4n) is 1.60. The highest BCUT2D eigenvalue weighted by atomic mass is 35.5. The van der Waals surface area contributed by atoms with Gasteiger partial charge in [-0.3, -0.25) is 5.43 Å². The molecule has 20 heavy (non-hydrogen) atoms. The van der Waals surface area contributed by atoms with E-state index in [4.69, 9.17) is 33.3 Å². The summed E-state index contributed by atoms with van der Waals surface area (Å²) in [5.74, 6) is 1.19. The molecule has 0 spiro atoms. The second-order valence-corrected chi connectivity index (χ2v) is 6.13. The summed E-state index contributed by atoms with van der Waals surface area (Å²) in [7, 11) is 0. The molecule has 0 aromatic heterocycles. The van der Waals surface area contributed by atoms with E-state index >= 15 is 0 Å². The Morgan fingerprint density at radius 2 is 2.15 bits per heavy atom. The van der Waals surface area contributed by atoms with Gasteiger partial charge in [-0.15, -0.1) is 0 Å². The van der Waals surface area contributed by atoms with Crippen molar-refractivity contribution in [3.63, 3.8) is 0 Å². The van der Waals surface area contributed by atoms with Crippen molar-refractivity contribution in [2.45, 2.75) is 26.3 Å². The van der Waals surface area contributed by atoms with Gasteiger partial charge in [0.1, 0.15) is 0 Å². The summed E-state index contributed by atoms with van der Waals surface area (Å²) in [6.07, 6.45) is 1.62. The summed E-state index contributed by atoms with van der Waals surface area (Å²) in [5.41, 5.74) is 3.44. The van der Waals surface area contributed by atoms with Crippen LogP contribution in [0, 0.1) is 0 Å². The SMILES string of the molecule is CC(C)(C)NC(=S)N/N=C\c1cc(Cl)c2c(c1)OCO2. The van der Waals surface area contributed by atoms with E-state index in [-0.39, 0.29) is 12.3 Å². The van der Waals surface area contributed by atoms with Crippen molar-refractivity contribution in [1.29, 1.82) is 0 Å². The van der Waals surface area contributed by atoms with Crippen LogP contribution in [0.5, 0.6) is 11.5 Å². The molecule has 1 aliphatic rings. The predicted molar refractivity (Wildman–Crippen MR) is 83.8 cm³/mol. The van der Waals surface area contributed by atoms with Gasteiger partial charge in [-0.2, -0.15) is 5.10 Å². The van der Waals surface area contributed by atoms with E-state index in [1.54, 1.807) is 18.3 Å². The third kappa shape index (κ3) is 3.98. The molecule has 1 aromatic rings. The van der Waals surface area contributed by atoms with E-state index in [0.29, 0.717) is 21.6 Å². The minimum absolute atomic E-state index is 0.109. The first-order valence-electron chi connectivity index (χ1n) is 6.05. The van der Waals surface area contributed by atoms with Crippen LogP contribution in [-0.2, 0) is 0 Å². The Kier molecular flexibility index (Phi) is 4.35. The van der Waals surface area contributed by atoms with Gasteiger partial charge in [-0.05, 0) is 50.7 Å². The zero-order valence-corrected chi connectivity index (χ0v) is 13.1. The summed E-state index contributed by atoms with van der Waals surface area (Å²) in [6.45, 7) is 6.24. The van der Waals surface area contributed by atoms with Gasteiger partial charge < -0.3 is 14.8 Å². The zero-order chi connectivity index (χ0) is 14.8. The average molecular weight is 314 g/mol. The highest BCUT2D eigenvalue weighted by Gasteiger charge is 2.17. The Hall–Kier alpha value is -1.53. The molecule has 1 aliphatic heterocycles. The largest absolute Gasteiger partial charge is 0.454 e. The third-order valence-electron chi connectivity index (χ3n) is 2.32. The van der Waals surface area contributed by atoms with Crippen LogP contribution in [0.25, 0.3) is 0 Å². The molecule has 0 radical (unpaired) electrons. The van der Waals surface area contributed by atoms with Crippen LogP contribution < -0.4 is 20.2 Å². The number of ether oxygens (including phenoxy) is 2. The van der Waals surface area contributed by atoms with E-state index in [2.05, 4.69) is 15.8 Å². The molecule has 2 rings (SSSR count). The molecule has 0 amide bonds. The van der Waals surface area contributed by atoms with Gasteiger partial charge in [0.25, 0.3) is 0 Å². The topological polar surface area (TPSA) is 54.9 Å². The molecule has 0 fully saturated rings. The molecule has 0 atom stereocenters. The zero-order valence-electron chi connectivity index (χ0n) is 11.5. The number of rotatable bonds is 2. The van der Waals surface area contributed by atoms with Crippen molar-refractivity contribution < 1.29 is 9.47 Å². The minimum Gasteiger partial charge on any atom is -0.454 e. The lowest BCUT2D eigenvalue weighted by Gasteiger charge is -2.21. The van der Waals surface area contributed by atoms with E-state index in [1.807, 2.05) is 20.8 Å². The molecule has 2 N–H and O–H groups in total. The molecular weight excluding hydrogens is 298 g/mol. The van der Waals surface area contributed by atoms with Gasteiger partial charge in [0.2, 0.25) is 6.79 Å². The van der Waals surface area contributed by atoms with Crippen LogP contribution in [0.2, 0.25) is 5.02 Å². The second kappa shape index (κ2) is 5.85. The van der Waals surface area contributed by atoms with E-state index < -0.39 is 0 Å². The average Bonchev–Trinajstić information content (AvgIpc) is 2.75. The first-order valence-corrected chi connectivity index (χ1v) is 6.84. The molecule has 1 aromatic carbocycles. The van der Waals surface area contributed by atoms with E-state index in [1.165, 1.54) is 0 Å². The van der Waals surface area contributed by atoms with Crippen LogP contribution in [-0.4, -0.2) is 23.7 Å². The van der Waals surface area contributed by atoms with Crippen molar-refractivity contribution in [3.05, 3.63) is 22.7 Å². The first-order chi connectivity index (χ1) is 9.35. The lowest BCUT2D eigenvalue weighted by Crippen LogP contribution is -2.44. The van der Waals surface area contributed by atoms with E-state index in [9.17, 15) is 0 Å². The van der Waals surface area contributed by atoms with Crippen molar-refractivity contribution in [1.82, 2.24) is 10.7 Å². The van der Waals surface area contributed by atoms with Crippen LogP contribution in [0.15, 0.2) is 17.2 Å². The maximum absolute atomic E-state index is 6.08. The Morgan fingerprint density at radius 1 is 1.40 bits per heavy atom. The molecule has 108 valence electrons. The maximum atomic E-state index is 6.08. The first kappa shape index (κ1) is 14.9. The molecular formula is C13H16ClN3O2S. The molecule has 1 heterocycles. The fourth-order valence-corrected chi connectivity index (χ4v) is 2.23. The highest BCUT2D eigenvalue weighted by Crippen LogP contribution is 2.39. The monoisotopic (exact) mass is 313 g/mol. The van der Waals surface area contributed by atoms with Crippen molar-refractivity contribution in [2.24, 2.45) is 5.10 Å². The molecule has 0 unspecified atom stereocenters. The number of halogens is 1. The van der Waals surface area contributed by atoms with Gasteiger partial charge in [0, 0.05) is 5.54 Å². The molecule has 7 heteroatoms. The lowest BCUT2D eigenvalue weighted by molar-refractivity contribution is 0.174. The quantitative estimate of drug-likeness (QED) is 0.499. The number of hydrogen-bond acceptors (Lipinski definition) is 4. The van der Waals surface area contributed by atoms with Crippen molar-refractivity contribution in [2.75, 3.05) is 6.79 Å². The number of hydrogen-bond donors (Lipinski definition) is 2. The van der Waals surface area contributed by atoms with Crippen LogP contribution in [0.1, 0.15) is 26.3 Å². The second-order valence-electron chi connectivity index (χ2n) is 5.31. The van der Waals surface area contributed by atoms with Crippen LogP contribution in [0.3, 0.4) is 0 Å². The fraction of sp³-hybridized carbons (Fsp3) is 0.385. The highest BCUT2D eigenvalue weighted by molar-refractivity contribution is 7.80. The number of nitrogens with zero attached hydrogens (tertiary/aromatic N) is 1. The molecule has 0 bridgehead atoms. The number of thiocarbonyl (C=S) groups is 1. The smallest absolute Gasteiger partial charge is 0.231 e. The number of fused-ring (bicyclic) bond motifs is 1. The summed E-state index contributed by atoms with van der Waals surface area (Å²) < 4.78 is 10.5. The van der Waals surface area contributed by atoms with Gasteiger partial charge in [0.05, 0.1) is 11.2 Å². The van der Waals surface area contributed by atoms with Gasteiger partial charge >= 0.3 is 0 Å². The molecule has 0 aliphatic carbocycles.